The average molecular weight is 286 g/mol. The van der Waals surface area contributed by atoms with E-state index in [0.29, 0.717) is 16.7 Å². The predicted molar refractivity (Wildman–Crippen MR) is 79.1 cm³/mol. The van der Waals surface area contributed by atoms with Gasteiger partial charge in [-0.2, -0.15) is 5.10 Å². The van der Waals surface area contributed by atoms with Gasteiger partial charge in [-0.1, -0.05) is 23.7 Å². The maximum Gasteiger partial charge on any atom is 0.163 e. The van der Waals surface area contributed by atoms with Crippen molar-refractivity contribution in [2.75, 3.05) is 5.73 Å². The van der Waals surface area contributed by atoms with Crippen LogP contribution in [0.25, 0.3) is 22.6 Å². The fraction of sp³-hybridized carbons (Fsp3) is 0.0714. The number of nitrogen functional groups attached to an aromatic ring is 1. The molecule has 0 amide bonds. The van der Waals surface area contributed by atoms with Gasteiger partial charge in [0.25, 0.3) is 0 Å². The van der Waals surface area contributed by atoms with E-state index in [1.807, 2.05) is 31.4 Å². The molecule has 0 radical (unpaired) electrons. The summed E-state index contributed by atoms with van der Waals surface area (Å²) < 4.78 is 1.71. The maximum absolute atomic E-state index is 6.18. The van der Waals surface area contributed by atoms with Gasteiger partial charge in [0.2, 0.25) is 0 Å². The second kappa shape index (κ2) is 4.94. The number of hydrogen-bond donors (Lipinski definition) is 1. The fourth-order valence-corrected chi connectivity index (χ4v) is 2.15. The molecule has 0 aliphatic heterocycles. The Morgan fingerprint density at radius 3 is 2.70 bits per heavy atom. The van der Waals surface area contributed by atoms with Crippen LogP contribution in [-0.4, -0.2) is 19.7 Å². The highest BCUT2D eigenvalue weighted by Gasteiger charge is 2.10. The molecule has 3 aromatic rings. The number of aromatic nitrogens is 4. The van der Waals surface area contributed by atoms with Crippen LogP contribution < -0.4 is 5.73 Å². The zero-order valence-corrected chi connectivity index (χ0v) is 11.5. The number of benzene rings is 1. The van der Waals surface area contributed by atoms with Gasteiger partial charge in [-0.3, -0.25) is 4.68 Å². The second-order valence-corrected chi connectivity index (χ2v) is 4.79. The van der Waals surface area contributed by atoms with Crippen molar-refractivity contribution in [3.63, 3.8) is 0 Å². The lowest BCUT2D eigenvalue weighted by atomic mass is 10.2. The van der Waals surface area contributed by atoms with Crippen LogP contribution >= 0.6 is 11.6 Å². The molecule has 20 heavy (non-hydrogen) atoms. The Balaban J connectivity index is 2.14. The number of rotatable bonds is 2. The summed E-state index contributed by atoms with van der Waals surface area (Å²) in [6.07, 6.45) is 3.61. The Bertz CT molecular complexity index is 766. The Kier molecular flexibility index (Phi) is 3.12. The van der Waals surface area contributed by atoms with Gasteiger partial charge in [0.1, 0.15) is 5.82 Å². The molecule has 2 aromatic heterocycles. The minimum atomic E-state index is 0.397. The molecule has 1 aromatic carbocycles. The van der Waals surface area contributed by atoms with Crippen molar-refractivity contribution in [1.29, 1.82) is 0 Å². The SMILES string of the molecule is Cn1cc(-c2cc(N)nc(-c3ccccc3Cl)n2)cn1. The number of hydrogen-bond acceptors (Lipinski definition) is 4. The van der Waals surface area contributed by atoms with Crippen LogP contribution in [-0.2, 0) is 7.05 Å². The van der Waals surface area contributed by atoms with E-state index in [1.54, 1.807) is 23.0 Å². The lowest BCUT2D eigenvalue weighted by Crippen LogP contribution is -1.98. The molecule has 0 saturated heterocycles. The molecule has 3 rings (SSSR count). The summed E-state index contributed by atoms with van der Waals surface area (Å²) >= 11 is 6.18. The van der Waals surface area contributed by atoms with Crippen molar-refractivity contribution in [3.8, 4) is 22.6 Å². The number of halogens is 1. The Hall–Kier alpha value is -2.40. The van der Waals surface area contributed by atoms with Crippen LogP contribution in [0.3, 0.4) is 0 Å². The third kappa shape index (κ3) is 2.35. The molecule has 0 unspecified atom stereocenters. The highest BCUT2D eigenvalue weighted by atomic mass is 35.5. The summed E-state index contributed by atoms with van der Waals surface area (Å²) in [4.78, 5) is 8.77. The van der Waals surface area contributed by atoms with Crippen LogP contribution in [0.1, 0.15) is 0 Å². The lowest BCUT2D eigenvalue weighted by Gasteiger charge is -2.06. The maximum atomic E-state index is 6.18. The van der Waals surface area contributed by atoms with E-state index in [-0.39, 0.29) is 0 Å². The van der Waals surface area contributed by atoms with Crippen LogP contribution in [0, 0.1) is 0 Å². The van der Waals surface area contributed by atoms with E-state index in [2.05, 4.69) is 15.1 Å². The van der Waals surface area contributed by atoms with Gasteiger partial charge in [0.05, 0.1) is 16.9 Å². The molecule has 0 saturated carbocycles. The molecule has 5 nitrogen and oxygen atoms in total. The van der Waals surface area contributed by atoms with E-state index in [1.165, 1.54) is 0 Å². The minimum Gasteiger partial charge on any atom is -0.384 e. The molecular weight excluding hydrogens is 274 g/mol. The van der Waals surface area contributed by atoms with Gasteiger partial charge in [0.15, 0.2) is 5.82 Å². The molecule has 0 bridgehead atoms. The van der Waals surface area contributed by atoms with Gasteiger partial charge in [-0.25, -0.2) is 9.97 Å². The molecular formula is C14H12ClN5. The highest BCUT2D eigenvalue weighted by Crippen LogP contribution is 2.27. The molecule has 6 heteroatoms. The summed E-state index contributed by atoms with van der Waals surface area (Å²) in [5.74, 6) is 0.906. The second-order valence-electron chi connectivity index (χ2n) is 4.38. The summed E-state index contributed by atoms with van der Waals surface area (Å²) in [5, 5.41) is 4.72. The first-order valence-corrected chi connectivity index (χ1v) is 6.40. The first kappa shape index (κ1) is 12.6. The Morgan fingerprint density at radius 1 is 1.20 bits per heavy atom. The van der Waals surface area contributed by atoms with E-state index in [9.17, 15) is 0 Å². The predicted octanol–water partition coefficient (Wildman–Crippen LogP) is 2.78. The normalized spacial score (nSPS) is 10.7. The monoisotopic (exact) mass is 285 g/mol. The van der Waals surface area contributed by atoms with Crippen molar-refractivity contribution in [2.24, 2.45) is 7.05 Å². The lowest BCUT2D eigenvalue weighted by molar-refractivity contribution is 0.768. The Morgan fingerprint density at radius 2 is 2.00 bits per heavy atom. The zero-order valence-electron chi connectivity index (χ0n) is 10.8. The summed E-state index contributed by atoms with van der Waals surface area (Å²) in [6, 6.07) is 9.13. The minimum absolute atomic E-state index is 0.397. The van der Waals surface area contributed by atoms with E-state index >= 15 is 0 Å². The summed E-state index contributed by atoms with van der Waals surface area (Å²) in [6.45, 7) is 0. The molecule has 0 aliphatic carbocycles. The van der Waals surface area contributed by atoms with Crippen molar-refractivity contribution in [2.45, 2.75) is 0 Å². The first-order chi connectivity index (χ1) is 9.63. The zero-order chi connectivity index (χ0) is 14.1. The third-order valence-corrected chi connectivity index (χ3v) is 3.19. The number of nitrogens with two attached hydrogens (primary N) is 1. The van der Waals surface area contributed by atoms with Gasteiger partial charge >= 0.3 is 0 Å². The first-order valence-electron chi connectivity index (χ1n) is 6.02. The molecule has 2 heterocycles. The fourth-order valence-electron chi connectivity index (χ4n) is 1.93. The number of nitrogens with zero attached hydrogens (tertiary/aromatic N) is 4. The molecule has 100 valence electrons. The summed E-state index contributed by atoms with van der Waals surface area (Å²) in [5.41, 5.74) is 8.23. The molecule has 0 aliphatic rings. The van der Waals surface area contributed by atoms with Gasteiger partial charge in [-0.05, 0) is 12.1 Å². The Labute approximate surface area is 121 Å². The van der Waals surface area contributed by atoms with E-state index in [0.717, 1.165) is 16.8 Å². The largest absolute Gasteiger partial charge is 0.384 e. The smallest absolute Gasteiger partial charge is 0.163 e. The van der Waals surface area contributed by atoms with Crippen LogP contribution in [0.15, 0.2) is 42.7 Å². The molecule has 0 atom stereocenters. The average Bonchev–Trinajstić information content (AvgIpc) is 2.85. The number of aryl methyl sites for hydroxylation is 1. The standard InChI is InChI=1S/C14H12ClN5/c1-20-8-9(7-17-20)12-6-13(16)19-14(18-12)10-4-2-3-5-11(10)15/h2-8H,1H3,(H2,16,18,19). The van der Waals surface area contributed by atoms with Gasteiger partial charge in [0, 0.05) is 30.4 Å². The highest BCUT2D eigenvalue weighted by molar-refractivity contribution is 6.33. The van der Waals surface area contributed by atoms with Crippen LogP contribution in [0.2, 0.25) is 5.02 Å². The van der Waals surface area contributed by atoms with Crippen molar-refractivity contribution >= 4 is 17.4 Å². The molecule has 0 fully saturated rings. The van der Waals surface area contributed by atoms with Crippen LogP contribution in [0.4, 0.5) is 5.82 Å². The van der Waals surface area contributed by atoms with Crippen molar-refractivity contribution in [3.05, 3.63) is 47.7 Å². The van der Waals surface area contributed by atoms with E-state index < -0.39 is 0 Å². The molecule has 0 spiro atoms. The van der Waals surface area contributed by atoms with E-state index in [4.69, 9.17) is 17.3 Å². The van der Waals surface area contributed by atoms with Crippen molar-refractivity contribution in [1.82, 2.24) is 19.7 Å². The quantitative estimate of drug-likeness (QED) is 0.786. The molecule has 2 N–H and O–H groups in total. The van der Waals surface area contributed by atoms with Gasteiger partial charge in [-0.15, -0.1) is 0 Å². The van der Waals surface area contributed by atoms with Crippen molar-refractivity contribution < 1.29 is 0 Å². The third-order valence-electron chi connectivity index (χ3n) is 2.86. The number of anilines is 1. The topological polar surface area (TPSA) is 69.6 Å². The van der Waals surface area contributed by atoms with Gasteiger partial charge < -0.3 is 5.73 Å². The summed E-state index contributed by atoms with van der Waals surface area (Å²) in [7, 11) is 1.85. The van der Waals surface area contributed by atoms with Crippen LogP contribution in [0.5, 0.6) is 0 Å².